The van der Waals surface area contributed by atoms with Crippen molar-refractivity contribution in [2.45, 2.75) is 17.9 Å². The van der Waals surface area contributed by atoms with Crippen LogP contribution in [-0.2, 0) is 14.8 Å². The summed E-state index contributed by atoms with van der Waals surface area (Å²) in [5.74, 6) is -0.0897. The van der Waals surface area contributed by atoms with Gasteiger partial charge in [0, 0.05) is 5.56 Å². The summed E-state index contributed by atoms with van der Waals surface area (Å²) < 4.78 is 26.3. The van der Waals surface area contributed by atoms with Crippen molar-refractivity contribution < 1.29 is 13.2 Å². The highest BCUT2D eigenvalue weighted by atomic mass is 32.2. The summed E-state index contributed by atoms with van der Waals surface area (Å²) in [5, 5.41) is 8.59. The molecule has 0 saturated carbocycles. The Morgan fingerprint density at radius 3 is 2.86 bits per heavy atom. The van der Waals surface area contributed by atoms with E-state index in [-0.39, 0.29) is 16.7 Å². The number of hydrogen-bond donors (Lipinski definition) is 3. The number of hydrogen-bond acceptors (Lipinski definition) is 6. The number of amides is 1. The summed E-state index contributed by atoms with van der Waals surface area (Å²) in [5.41, 5.74) is 0.446. The minimum absolute atomic E-state index is 0.149. The second-order valence-electron chi connectivity index (χ2n) is 4.58. The van der Waals surface area contributed by atoms with Gasteiger partial charge in [0.2, 0.25) is 5.95 Å². The Morgan fingerprint density at radius 2 is 2.14 bits per heavy atom. The molecule has 114 valence electrons. The maximum atomic E-state index is 12.0. The van der Waals surface area contributed by atoms with E-state index in [1.807, 2.05) is 0 Å². The van der Waals surface area contributed by atoms with Crippen LogP contribution in [0, 0.1) is 0 Å². The molecule has 0 saturated heterocycles. The van der Waals surface area contributed by atoms with E-state index < -0.39 is 22.0 Å². The first-order valence-corrected chi connectivity index (χ1v) is 7.82. The summed E-state index contributed by atoms with van der Waals surface area (Å²) in [6.45, 7) is 1.55. The van der Waals surface area contributed by atoms with Crippen molar-refractivity contribution in [3.05, 3.63) is 36.2 Å². The van der Waals surface area contributed by atoms with Crippen LogP contribution in [0.3, 0.4) is 0 Å². The molecule has 1 aromatic carbocycles. The predicted octanol–water partition coefficient (Wildman–Crippen LogP) is -0.130. The average molecular weight is 320 g/mol. The number of aromatic nitrogens is 3. The molecule has 0 bridgehead atoms. The quantitative estimate of drug-likeness (QED) is 0.725. The molecule has 1 amide bonds. The number of carbonyl (C=O) groups excluding carboxylic acids is 1. The lowest BCUT2D eigenvalue weighted by Crippen LogP contribution is -2.29. The van der Waals surface area contributed by atoms with Crippen molar-refractivity contribution in [1.82, 2.24) is 19.9 Å². The van der Waals surface area contributed by atoms with Gasteiger partial charge in [-0.15, -0.1) is 0 Å². The lowest BCUT2D eigenvalue weighted by molar-refractivity contribution is -0.117. The normalized spacial score (nSPS) is 18.5. The van der Waals surface area contributed by atoms with Crippen LogP contribution in [0.25, 0.3) is 0 Å². The second kappa shape index (κ2) is 5.22. The molecule has 2 heterocycles. The molecule has 0 spiro atoms. The number of fused-ring (bicyclic) bond motifs is 1. The number of benzene rings is 1. The van der Waals surface area contributed by atoms with Gasteiger partial charge in [-0.2, -0.15) is 10.1 Å². The maximum absolute atomic E-state index is 12.0. The Kier molecular flexibility index (Phi) is 3.37. The minimum Gasteiger partial charge on any atom is -0.293 e. The van der Waals surface area contributed by atoms with Gasteiger partial charge in [0.1, 0.15) is 18.2 Å². The number of sulfonamides is 1. The van der Waals surface area contributed by atoms with Gasteiger partial charge in [-0.05, 0) is 19.1 Å². The minimum atomic E-state index is -3.62. The standard InChI is InChI=1S/C12H12N6O3S/c1-7(11(19)16-12-13-6-14-17-12)15-10-8-4-2-3-5-9(8)22(20,21)18-10/h2-7H,1H3,(H,15,18)(H2,13,14,16,17,19). The highest BCUT2D eigenvalue weighted by Gasteiger charge is 2.31. The van der Waals surface area contributed by atoms with E-state index in [9.17, 15) is 13.2 Å². The molecule has 3 rings (SSSR count). The average Bonchev–Trinajstić information content (AvgIpc) is 3.07. The number of H-pyrrole nitrogens is 1. The van der Waals surface area contributed by atoms with E-state index in [1.165, 1.54) is 12.4 Å². The summed E-state index contributed by atoms with van der Waals surface area (Å²) in [4.78, 5) is 20.1. The van der Waals surface area contributed by atoms with E-state index in [2.05, 4.69) is 30.2 Å². The Bertz CT molecular complexity index is 844. The fraction of sp³-hybridized carbons (Fsp3) is 0.167. The number of amidine groups is 1. The maximum Gasteiger partial charge on any atom is 0.263 e. The third-order valence-electron chi connectivity index (χ3n) is 3.02. The van der Waals surface area contributed by atoms with Crippen molar-refractivity contribution >= 4 is 27.7 Å². The first kappa shape index (κ1) is 14.2. The fourth-order valence-electron chi connectivity index (χ4n) is 1.97. The van der Waals surface area contributed by atoms with Gasteiger partial charge in [-0.3, -0.25) is 19.8 Å². The zero-order valence-electron chi connectivity index (χ0n) is 11.4. The summed E-state index contributed by atoms with van der Waals surface area (Å²) >= 11 is 0. The van der Waals surface area contributed by atoms with Crippen LogP contribution in [0.5, 0.6) is 0 Å². The molecule has 10 heteroatoms. The molecule has 1 aliphatic rings. The topological polar surface area (TPSA) is 129 Å². The SMILES string of the molecule is CC(N=C1NS(=O)(=O)c2ccccc21)C(=O)Nc1ncn[nH]1. The number of aliphatic imine (C=N–C) groups is 1. The Morgan fingerprint density at radius 1 is 1.36 bits per heavy atom. The predicted molar refractivity (Wildman–Crippen MR) is 77.8 cm³/mol. The Hall–Kier alpha value is -2.75. The number of carbonyl (C=O) groups is 1. The largest absolute Gasteiger partial charge is 0.293 e. The first-order valence-electron chi connectivity index (χ1n) is 6.33. The Labute approximate surface area is 125 Å². The molecule has 1 aromatic heterocycles. The highest BCUT2D eigenvalue weighted by molar-refractivity contribution is 7.90. The number of nitrogens with one attached hydrogen (secondary N) is 3. The molecule has 0 aliphatic carbocycles. The van der Waals surface area contributed by atoms with E-state index >= 15 is 0 Å². The zero-order chi connectivity index (χ0) is 15.7. The Balaban J connectivity index is 1.85. The van der Waals surface area contributed by atoms with Gasteiger partial charge in [0.05, 0.1) is 4.90 Å². The van der Waals surface area contributed by atoms with Gasteiger partial charge >= 0.3 is 0 Å². The lowest BCUT2D eigenvalue weighted by Gasteiger charge is -2.07. The second-order valence-corrected chi connectivity index (χ2v) is 6.23. The van der Waals surface area contributed by atoms with Gasteiger partial charge in [0.25, 0.3) is 15.9 Å². The fourth-order valence-corrected chi connectivity index (χ4v) is 3.21. The third kappa shape index (κ3) is 2.55. The number of rotatable bonds is 3. The van der Waals surface area contributed by atoms with Gasteiger partial charge in [-0.1, -0.05) is 12.1 Å². The van der Waals surface area contributed by atoms with Crippen molar-refractivity contribution in [2.24, 2.45) is 4.99 Å². The van der Waals surface area contributed by atoms with E-state index in [4.69, 9.17) is 0 Å². The molecule has 1 atom stereocenters. The van der Waals surface area contributed by atoms with Crippen LogP contribution in [0.2, 0.25) is 0 Å². The zero-order valence-corrected chi connectivity index (χ0v) is 12.3. The van der Waals surface area contributed by atoms with Gasteiger partial charge < -0.3 is 0 Å². The number of nitrogens with zero attached hydrogens (tertiary/aromatic N) is 3. The number of aromatic amines is 1. The van der Waals surface area contributed by atoms with Crippen LogP contribution in [0.1, 0.15) is 12.5 Å². The van der Waals surface area contributed by atoms with E-state index in [1.54, 1.807) is 25.1 Å². The molecule has 3 N–H and O–H groups in total. The third-order valence-corrected chi connectivity index (χ3v) is 4.42. The van der Waals surface area contributed by atoms with Crippen LogP contribution in [0.15, 0.2) is 40.5 Å². The molecule has 0 fully saturated rings. The van der Waals surface area contributed by atoms with E-state index in [0.717, 1.165) is 0 Å². The smallest absolute Gasteiger partial charge is 0.263 e. The molecule has 0 radical (unpaired) electrons. The van der Waals surface area contributed by atoms with Crippen molar-refractivity contribution in [2.75, 3.05) is 5.32 Å². The van der Waals surface area contributed by atoms with Crippen LogP contribution in [0.4, 0.5) is 5.95 Å². The highest BCUT2D eigenvalue weighted by Crippen LogP contribution is 2.22. The summed E-state index contributed by atoms with van der Waals surface area (Å²) in [7, 11) is -3.62. The lowest BCUT2D eigenvalue weighted by atomic mass is 10.2. The van der Waals surface area contributed by atoms with E-state index in [0.29, 0.717) is 5.56 Å². The van der Waals surface area contributed by atoms with Crippen LogP contribution >= 0.6 is 0 Å². The molecule has 22 heavy (non-hydrogen) atoms. The molecule has 9 nitrogen and oxygen atoms in total. The number of anilines is 1. The molecule has 1 unspecified atom stereocenters. The summed E-state index contributed by atoms with van der Waals surface area (Å²) in [6.07, 6.45) is 1.26. The first-order chi connectivity index (χ1) is 10.5. The van der Waals surface area contributed by atoms with Gasteiger partial charge in [0.15, 0.2) is 0 Å². The van der Waals surface area contributed by atoms with Gasteiger partial charge in [-0.25, -0.2) is 13.5 Å². The monoisotopic (exact) mass is 320 g/mol. The van der Waals surface area contributed by atoms with Crippen LogP contribution in [-0.4, -0.2) is 41.4 Å². The van der Waals surface area contributed by atoms with Crippen molar-refractivity contribution in [3.63, 3.8) is 0 Å². The molecule has 2 aromatic rings. The van der Waals surface area contributed by atoms with Crippen molar-refractivity contribution in [3.8, 4) is 0 Å². The van der Waals surface area contributed by atoms with Crippen LogP contribution < -0.4 is 10.0 Å². The molecular weight excluding hydrogens is 308 g/mol. The summed E-state index contributed by atoms with van der Waals surface area (Å²) in [6, 6.07) is 5.64. The molecular formula is C12H12N6O3S. The van der Waals surface area contributed by atoms with Crippen molar-refractivity contribution in [1.29, 1.82) is 0 Å². The molecule has 1 aliphatic heterocycles.